The van der Waals surface area contributed by atoms with E-state index in [2.05, 4.69) is 28.6 Å². The van der Waals surface area contributed by atoms with Crippen molar-refractivity contribution in [3.63, 3.8) is 0 Å². The molecule has 47 heavy (non-hydrogen) atoms. The third-order valence-corrected chi connectivity index (χ3v) is 10.2. The lowest BCUT2D eigenvalue weighted by atomic mass is 10.0. The second-order valence-corrected chi connectivity index (χ2v) is 15.3. The van der Waals surface area contributed by atoms with Crippen LogP contribution in [0.1, 0.15) is 147 Å². The molecular weight excluding hydrogens is 631 g/mol. The topological polar surface area (TPSA) is 88.8 Å². The number of hydrogen-bond acceptors (Lipinski definition) is 7. The molecule has 7 nitrogen and oxygen atoms in total. The molecule has 1 fully saturated rings. The van der Waals surface area contributed by atoms with Crippen molar-refractivity contribution in [2.75, 3.05) is 19.8 Å². The summed E-state index contributed by atoms with van der Waals surface area (Å²) < 4.78 is 51.2. The lowest BCUT2D eigenvalue weighted by molar-refractivity contribution is -0.692. The van der Waals surface area contributed by atoms with E-state index >= 15 is 0 Å². The highest BCUT2D eigenvalue weighted by Crippen LogP contribution is 2.19. The Labute approximate surface area is 291 Å². The molecule has 3 rings (SSSR count). The van der Waals surface area contributed by atoms with Crippen LogP contribution in [0.3, 0.4) is 0 Å². The van der Waals surface area contributed by atoms with E-state index in [9.17, 15) is 13.0 Å². The first-order valence-corrected chi connectivity index (χ1v) is 21.0. The van der Waals surface area contributed by atoms with Gasteiger partial charge in [-0.25, -0.2) is 8.42 Å². The lowest BCUT2D eigenvalue weighted by Crippen LogP contribution is -2.29. The maximum Gasteiger partial charge on any atom is 0.224 e. The summed E-state index contributed by atoms with van der Waals surface area (Å²) in [4.78, 5) is -0.178. The molecule has 0 saturated carbocycles. The lowest BCUT2D eigenvalue weighted by Gasteiger charge is -2.12. The summed E-state index contributed by atoms with van der Waals surface area (Å²) in [5.41, 5.74) is 3.12. The van der Waals surface area contributed by atoms with E-state index in [1.54, 1.807) is 23.5 Å². The fourth-order valence-electron chi connectivity index (χ4n) is 5.77. The van der Waals surface area contributed by atoms with E-state index in [-0.39, 0.29) is 17.3 Å². The summed E-state index contributed by atoms with van der Waals surface area (Å²) in [6.45, 7) is 7.50. The molecule has 1 aromatic heterocycles. The van der Waals surface area contributed by atoms with Crippen LogP contribution in [0.4, 0.5) is 0 Å². The molecule has 0 radical (unpaired) electrons. The summed E-state index contributed by atoms with van der Waals surface area (Å²) in [5, 5.41) is 2.14. The molecule has 1 aliphatic rings. The zero-order chi connectivity index (χ0) is 33.8. The van der Waals surface area contributed by atoms with Crippen molar-refractivity contribution in [3.8, 4) is 0 Å². The summed E-state index contributed by atoms with van der Waals surface area (Å²) in [7, 11) is -4.27. The molecule has 0 N–H and O–H groups in total. The Balaban J connectivity index is 0.000000587. The molecule has 2 aromatic rings. The van der Waals surface area contributed by atoms with Crippen LogP contribution >= 0.6 is 11.3 Å². The number of aromatic nitrogens is 1. The zero-order valence-electron chi connectivity index (χ0n) is 29.6. The summed E-state index contributed by atoms with van der Waals surface area (Å²) in [6.07, 6.45) is 30.7. The van der Waals surface area contributed by atoms with Crippen molar-refractivity contribution < 1.29 is 31.7 Å². The van der Waals surface area contributed by atoms with Gasteiger partial charge in [0.15, 0.2) is 12.5 Å². The van der Waals surface area contributed by atoms with Crippen molar-refractivity contribution in [1.82, 2.24) is 0 Å². The van der Waals surface area contributed by atoms with Gasteiger partial charge in [0.2, 0.25) is 5.51 Å². The van der Waals surface area contributed by atoms with Crippen LogP contribution in [0, 0.1) is 6.92 Å². The fourth-order valence-corrected chi connectivity index (χ4v) is 6.86. The second-order valence-electron chi connectivity index (χ2n) is 13.1. The summed E-state index contributed by atoms with van der Waals surface area (Å²) in [5.74, 6) is 0. The van der Waals surface area contributed by atoms with Gasteiger partial charge < -0.3 is 18.8 Å². The van der Waals surface area contributed by atoms with Gasteiger partial charge >= 0.3 is 0 Å². The minimum absolute atomic E-state index is 0.00155. The van der Waals surface area contributed by atoms with E-state index < -0.39 is 10.1 Å². The van der Waals surface area contributed by atoms with Gasteiger partial charge in [-0.3, -0.25) is 0 Å². The van der Waals surface area contributed by atoms with Crippen LogP contribution < -0.4 is 4.57 Å². The third kappa shape index (κ3) is 22.8. The Bertz CT molecular complexity index is 1080. The highest BCUT2D eigenvalue weighted by atomic mass is 32.2. The van der Waals surface area contributed by atoms with Gasteiger partial charge in [-0.1, -0.05) is 139 Å². The number of benzene rings is 1. The van der Waals surface area contributed by atoms with Crippen LogP contribution in [-0.2, 0) is 30.9 Å². The Kier molecular flexibility index (Phi) is 24.4. The molecule has 0 unspecified atom stereocenters. The first-order valence-electron chi connectivity index (χ1n) is 18.7. The minimum Gasteiger partial charge on any atom is -0.744 e. The number of aryl methyl sites for hydroxylation is 2. The van der Waals surface area contributed by atoms with E-state index in [4.69, 9.17) is 14.2 Å². The van der Waals surface area contributed by atoms with Crippen molar-refractivity contribution in [1.29, 1.82) is 0 Å². The number of rotatable bonds is 27. The normalized spacial score (nSPS) is 16.3. The number of thiazole rings is 1. The number of hydrogen-bond donors (Lipinski definition) is 0. The molecule has 0 aliphatic carbocycles. The monoisotopic (exact) mass is 695 g/mol. The Morgan fingerprint density at radius 1 is 0.809 bits per heavy atom. The fraction of sp³-hybridized carbons (Fsp3) is 0.763. The van der Waals surface area contributed by atoms with E-state index in [0.29, 0.717) is 13.2 Å². The molecule has 2 atom stereocenters. The molecule has 270 valence electrons. The van der Waals surface area contributed by atoms with Gasteiger partial charge in [-0.05, 0) is 44.7 Å². The molecule has 0 spiro atoms. The highest BCUT2D eigenvalue weighted by Gasteiger charge is 2.25. The SMILES string of the molecule is CCCCCCCCCCCCCCCCC[C@H]1OC[C@H](COCCCCCCC[n+]2ccsc2)O1.Cc1ccc(S(=O)(=O)[O-])cc1. The Morgan fingerprint density at radius 2 is 1.36 bits per heavy atom. The maximum absolute atomic E-state index is 10.4. The molecule has 0 bridgehead atoms. The van der Waals surface area contributed by atoms with Crippen LogP contribution in [0.25, 0.3) is 0 Å². The van der Waals surface area contributed by atoms with Crippen LogP contribution in [0.5, 0.6) is 0 Å². The molecule has 1 aliphatic heterocycles. The van der Waals surface area contributed by atoms with Gasteiger partial charge in [0.1, 0.15) is 22.8 Å². The van der Waals surface area contributed by atoms with Gasteiger partial charge in [0.05, 0.1) is 23.5 Å². The third-order valence-electron chi connectivity index (χ3n) is 8.70. The second kappa shape index (κ2) is 27.5. The van der Waals surface area contributed by atoms with E-state index in [1.807, 2.05) is 6.92 Å². The molecule has 1 saturated heterocycles. The standard InChI is InChI=1S/C31H58NO3S.C7H8O3S/c1-2-3-4-5-6-7-8-9-10-11-12-13-14-16-19-22-31-34-28-30(35-31)27-33-25-21-18-15-17-20-23-32-24-26-36-29-32;1-6-2-4-7(5-3-6)11(8,9)10/h24,26,29-31H,2-23,25,27-28H2,1H3;2-5H,1H3,(H,8,9,10)/q+1;/p-1/t30-,31-;/m0./s1. The predicted molar refractivity (Wildman–Crippen MR) is 192 cm³/mol. The number of ether oxygens (including phenoxy) is 3. The van der Waals surface area contributed by atoms with Crippen molar-refractivity contribution >= 4 is 21.5 Å². The first kappa shape index (κ1) is 41.8. The van der Waals surface area contributed by atoms with Crippen LogP contribution in [0.2, 0.25) is 0 Å². The van der Waals surface area contributed by atoms with Gasteiger partial charge in [0, 0.05) is 13.0 Å². The summed E-state index contributed by atoms with van der Waals surface area (Å²) in [6, 6.07) is 5.78. The maximum atomic E-state index is 10.4. The number of nitrogens with zero attached hydrogens (tertiary/aromatic N) is 1. The molecule has 9 heteroatoms. The Morgan fingerprint density at radius 3 is 1.91 bits per heavy atom. The smallest absolute Gasteiger partial charge is 0.224 e. The van der Waals surface area contributed by atoms with E-state index in [1.165, 1.54) is 134 Å². The summed E-state index contributed by atoms with van der Waals surface area (Å²) >= 11 is 1.77. The molecular formula is C38H65NO6S2. The molecule has 0 amide bonds. The van der Waals surface area contributed by atoms with Gasteiger partial charge in [-0.2, -0.15) is 4.57 Å². The van der Waals surface area contributed by atoms with E-state index in [0.717, 1.165) is 31.6 Å². The quantitative estimate of drug-likeness (QED) is 0.0525. The first-order chi connectivity index (χ1) is 22.9. The average Bonchev–Trinajstić information content (AvgIpc) is 3.75. The average molecular weight is 696 g/mol. The van der Waals surface area contributed by atoms with Crippen molar-refractivity contribution in [2.45, 2.75) is 173 Å². The van der Waals surface area contributed by atoms with Crippen molar-refractivity contribution in [2.24, 2.45) is 0 Å². The zero-order valence-corrected chi connectivity index (χ0v) is 31.2. The molecule has 2 heterocycles. The van der Waals surface area contributed by atoms with Gasteiger partial charge in [-0.15, -0.1) is 0 Å². The minimum atomic E-state index is -4.27. The van der Waals surface area contributed by atoms with Crippen molar-refractivity contribution in [3.05, 3.63) is 46.9 Å². The van der Waals surface area contributed by atoms with Gasteiger partial charge in [0.25, 0.3) is 0 Å². The highest BCUT2D eigenvalue weighted by molar-refractivity contribution is 7.85. The largest absolute Gasteiger partial charge is 0.744 e. The Hall–Kier alpha value is -1.36. The van der Waals surface area contributed by atoms with Crippen LogP contribution in [0.15, 0.2) is 46.2 Å². The molecule has 1 aromatic carbocycles. The number of unbranched alkanes of at least 4 members (excludes halogenated alkanes) is 18. The van der Waals surface area contributed by atoms with Crippen LogP contribution in [-0.4, -0.2) is 45.2 Å². The predicted octanol–water partition coefficient (Wildman–Crippen LogP) is 9.90.